The van der Waals surface area contributed by atoms with Gasteiger partial charge in [-0.15, -0.1) is 22.9 Å². The van der Waals surface area contributed by atoms with Crippen LogP contribution in [0.2, 0.25) is 0 Å². The summed E-state index contributed by atoms with van der Waals surface area (Å²) in [4.78, 5) is 21.5. The van der Waals surface area contributed by atoms with E-state index in [-0.39, 0.29) is 10.9 Å². The predicted octanol–water partition coefficient (Wildman–Crippen LogP) is 5.02. The summed E-state index contributed by atoms with van der Waals surface area (Å²) in [5.41, 5.74) is 1.83. The molecule has 21 heavy (non-hydrogen) atoms. The van der Waals surface area contributed by atoms with Crippen LogP contribution in [0.3, 0.4) is 0 Å². The highest BCUT2D eigenvalue weighted by Gasteiger charge is 2.17. The number of hydrogen-bond donors (Lipinski definition) is 1. The Morgan fingerprint density at radius 2 is 2.00 bits per heavy atom. The standard InChI is InChI=1S/C15H12BrClN2OS/c1-7(17)13-18-14(20)12-11(8(2)21-15(12)19-13)9-3-5-10(16)6-4-9/h3-7H,1-2H3,(H,18,19,20). The van der Waals surface area contributed by atoms with Crippen molar-refractivity contribution in [1.29, 1.82) is 0 Å². The molecular formula is C15H12BrClN2OS. The van der Waals surface area contributed by atoms with Gasteiger partial charge in [0.15, 0.2) is 0 Å². The molecule has 3 rings (SSSR count). The number of H-pyrrole nitrogens is 1. The summed E-state index contributed by atoms with van der Waals surface area (Å²) >= 11 is 11.0. The molecule has 3 aromatic rings. The van der Waals surface area contributed by atoms with Crippen molar-refractivity contribution in [2.75, 3.05) is 0 Å². The fourth-order valence-electron chi connectivity index (χ4n) is 2.29. The highest BCUT2D eigenvalue weighted by molar-refractivity contribution is 9.10. The lowest BCUT2D eigenvalue weighted by Crippen LogP contribution is -2.11. The van der Waals surface area contributed by atoms with Crippen LogP contribution >= 0.6 is 38.9 Å². The Morgan fingerprint density at radius 1 is 1.33 bits per heavy atom. The minimum absolute atomic E-state index is 0.134. The summed E-state index contributed by atoms with van der Waals surface area (Å²) in [6.45, 7) is 3.80. The number of aromatic nitrogens is 2. The third kappa shape index (κ3) is 2.65. The van der Waals surface area contributed by atoms with Gasteiger partial charge < -0.3 is 4.98 Å². The minimum Gasteiger partial charge on any atom is -0.309 e. The third-order valence-corrected chi connectivity index (χ3v) is 5.00. The van der Waals surface area contributed by atoms with Gasteiger partial charge in [0.2, 0.25) is 0 Å². The highest BCUT2D eigenvalue weighted by atomic mass is 79.9. The molecule has 2 heterocycles. The Kier molecular flexibility index (Phi) is 3.90. The van der Waals surface area contributed by atoms with Gasteiger partial charge in [-0.1, -0.05) is 28.1 Å². The normalized spacial score (nSPS) is 12.8. The Bertz CT molecular complexity index is 868. The van der Waals surface area contributed by atoms with E-state index in [2.05, 4.69) is 25.9 Å². The lowest BCUT2D eigenvalue weighted by atomic mass is 10.0. The fourth-order valence-corrected chi connectivity index (χ4v) is 3.71. The monoisotopic (exact) mass is 382 g/mol. The van der Waals surface area contributed by atoms with Crippen LogP contribution in [0.4, 0.5) is 0 Å². The zero-order valence-corrected chi connectivity index (χ0v) is 14.6. The molecule has 0 radical (unpaired) electrons. The second-order valence-corrected chi connectivity index (χ2v) is 7.56. The van der Waals surface area contributed by atoms with Crippen LogP contribution in [-0.2, 0) is 0 Å². The summed E-state index contributed by atoms with van der Waals surface area (Å²) in [7, 11) is 0. The largest absolute Gasteiger partial charge is 0.309 e. The van der Waals surface area contributed by atoms with Crippen LogP contribution in [0.15, 0.2) is 33.5 Å². The molecule has 3 nitrogen and oxygen atoms in total. The van der Waals surface area contributed by atoms with E-state index in [1.807, 2.05) is 31.2 Å². The van der Waals surface area contributed by atoms with Gasteiger partial charge in [0, 0.05) is 14.9 Å². The van der Waals surface area contributed by atoms with Gasteiger partial charge >= 0.3 is 0 Å². The van der Waals surface area contributed by atoms with Crippen molar-refractivity contribution in [3.05, 3.63) is 49.8 Å². The van der Waals surface area contributed by atoms with Crippen molar-refractivity contribution < 1.29 is 0 Å². The molecule has 1 N–H and O–H groups in total. The molecule has 0 saturated carbocycles. The summed E-state index contributed by atoms with van der Waals surface area (Å²) in [5, 5.41) is 0.321. The van der Waals surface area contributed by atoms with Crippen molar-refractivity contribution in [2.45, 2.75) is 19.2 Å². The lowest BCUT2D eigenvalue weighted by molar-refractivity contribution is 0.917. The van der Waals surface area contributed by atoms with Crippen molar-refractivity contribution in [2.24, 2.45) is 0 Å². The van der Waals surface area contributed by atoms with Gasteiger partial charge in [-0.3, -0.25) is 4.79 Å². The summed E-state index contributed by atoms with van der Waals surface area (Å²) in [6.07, 6.45) is 0. The Hall–Kier alpha value is -1.17. The molecule has 0 saturated heterocycles. The van der Waals surface area contributed by atoms with E-state index in [0.29, 0.717) is 11.2 Å². The van der Waals surface area contributed by atoms with Gasteiger partial charge in [0.1, 0.15) is 10.7 Å². The number of alkyl halides is 1. The maximum absolute atomic E-state index is 12.4. The first-order chi connectivity index (χ1) is 9.97. The predicted molar refractivity (Wildman–Crippen MR) is 92.4 cm³/mol. The van der Waals surface area contributed by atoms with E-state index in [0.717, 1.165) is 25.3 Å². The molecule has 0 fully saturated rings. The number of rotatable bonds is 2. The van der Waals surface area contributed by atoms with Gasteiger partial charge in [0.25, 0.3) is 5.56 Å². The second kappa shape index (κ2) is 5.55. The molecule has 0 aliphatic carbocycles. The van der Waals surface area contributed by atoms with Crippen molar-refractivity contribution >= 4 is 49.1 Å². The molecule has 1 aromatic carbocycles. The van der Waals surface area contributed by atoms with Gasteiger partial charge in [-0.2, -0.15) is 0 Å². The quantitative estimate of drug-likeness (QED) is 0.631. The van der Waals surface area contributed by atoms with Crippen LogP contribution in [0.25, 0.3) is 21.3 Å². The van der Waals surface area contributed by atoms with E-state index in [9.17, 15) is 4.79 Å². The number of aromatic amines is 1. The Morgan fingerprint density at radius 3 is 2.62 bits per heavy atom. The molecule has 108 valence electrons. The number of nitrogens with zero attached hydrogens (tertiary/aromatic N) is 1. The molecule has 0 spiro atoms. The van der Waals surface area contributed by atoms with E-state index in [1.165, 1.54) is 11.3 Å². The summed E-state index contributed by atoms with van der Waals surface area (Å²) < 4.78 is 1.01. The van der Waals surface area contributed by atoms with E-state index in [4.69, 9.17) is 11.6 Å². The lowest BCUT2D eigenvalue weighted by Gasteiger charge is -2.04. The number of thiophene rings is 1. The maximum Gasteiger partial charge on any atom is 0.260 e. The fraction of sp³-hybridized carbons (Fsp3) is 0.200. The molecule has 0 aliphatic heterocycles. The van der Waals surface area contributed by atoms with Crippen LogP contribution < -0.4 is 5.56 Å². The average Bonchev–Trinajstić information content (AvgIpc) is 2.76. The number of nitrogens with one attached hydrogen (secondary N) is 1. The van der Waals surface area contributed by atoms with E-state index in [1.54, 1.807) is 6.92 Å². The minimum atomic E-state index is -0.319. The van der Waals surface area contributed by atoms with Crippen LogP contribution in [0.5, 0.6) is 0 Å². The molecule has 2 aromatic heterocycles. The first kappa shape index (κ1) is 14.8. The first-order valence-corrected chi connectivity index (χ1v) is 8.45. The van der Waals surface area contributed by atoms with Crippen molar-refractivity contribution in [3.8, 4) is 11.1 Å². The molecule has 0 amide bonds. The number of benzene rings is 1. The maximum atomic E-state index is 12.4. The second-order valence-electron chi connectivity index (χ2n) is 4.79. The molecule has 6 heteroatoms. The topological polar surface area (TPSA) is 45.8 Å². The third-order valence-electron chi connectivity index (χ3n) is 3.27. The van der Waals surface area contributed by atoms with E-state index < -0.39 is 0 Å². The van der Waals surface area contributed by atoms with Crippen LogP contribution in [0.1, 0.15) is 23.0 Å². The SMILES string of the molecule is Cc1sc2nc(C(C)Cl)[nH]c(=O)c2c1-c1ccc(Br)cc1. The summed E-state index contributed by atoms with van der Waals surface area (Å²) in [6, 6.07) is 7.93. The molecule has 0 aliphatic rings. The van der Waals surface area contributed by atoms with Gasteiger partial charge in [0.05, 0.1) is 10.8 Å². The average molecular weight is 384 g/mol. The van der Waals surface area contributed by atoms with Gasteiger partial charge in [-0.05, 0) is 31.5 Å². The zero-order chi connectivity index (χ0) is 15.1. The molecule has 1 unspecified atom stereocenters. The van der Waals surface area contributed by atoms with Gasteiger partial charge in [-0.25, -0.2) is 4.98 Å². The highest BCUT2D eigenvalue weighted by Crippen LogP contribution is 2.36. The molecule has 1 atom stereocenters. The van der Waals surface area contributed by atoms with Crippen molar-refractivity contribution in [1.82, 2.24) is 9.97 Å². The molecule has 0 bridgehead atoms. The zero-order valence-electron chi connectivity index (χ0n) is 11.4. The van der Waals surface area contributed by atoms with Crippen LogP contribution in [0, 0.1) is 6.92 Å². The van der Waals surface area contributed by atoms with E-state index >= 15 is 0 Å². The number of hydrogen-bond acceptors (Lipinski definition) is 3. The number of fused-ring (bicyclic) bond motifs is 1. The Balaban J connectivity index is 2.31. The number of aryl methyl sites for hydroxylation is 1. The Labute approximate surface area is 139 Å². The van der Waals surface area contributed by atoms with Crippen LogP contribution in [-0.4, -0.2) is 9.97 Å². The first-order valence-electron chi connectivity index (χ1n) is 6.40. The smallest absolute Gasteiger partial charge is 0.260 e. The van der Waals surface area contributed by atoms with Crippen molar-refractivity contribution in [3.63, 3.8) is 0 Å². The summed E-state index contributed by atoms with van der Waals surface area (Å²) in [5.74, 6) is 0.512. The number of halogens is 2. The molecular weight excluding hydrogens is 372 g/mol.